The van der Waals surface area contributed by atoms with Gasteiger partial charge in [-0.05, 0) is 32.0 Å². The van der Waals surface area contributed by atoms with Gasteiger partial charge in [-0.2, -0.15) is 0 Å². The highest BCUT2D eigenvalue weighted by Gasteiger charge is 2.28. The standard InChI is InChI=1S/C14H21N3O2/c1-14(2)9-17(6-7-19-14)12-8-10(13(18)16-3)4-5-11(12)15/h4-5,8H,6-7,9,15H2,1-3H3,(H,16,18). The van der Waals surface area contributed by atoms with Gasteiger partial charge in [0.25, 0.3) is 5.91 Å². The number of carbonyl (C=O) groups is 1. The maximum atomic E-state index is 11.7. The summed E-state index contributed by atoms with van der Waals surface area (Å²) in [6.07, 6.45) is 0. The Kier molecular flexibility index (Phi) is 3.66. The van der Waals surface area contributed by atoms with Gasteiger partial charge >= 0.3 is 0 Å². The normalized spacial score (nSPS) is 18.2. The predicted molar refractivity (Wildman–Crippen MR) is 76.5 cm³/mol. The average Bonchev–Trinajstić information content (AvgIpc) is 2.37. The van der Waals surface area contributed by atoms with Crippen LogP contribution >= 0.6 is 0 Å². The van der Waals surface area contributed by atoms with Crippen LogP contribution in [0, 0.1) is 0 Å². The minimum Gasteiger partial charge on any atom is -0.397 e. The molecular formula is C14H21N3O2. The number of hydrogen-bond donors (Lipinski definition) is 2. The summed E-state index contributed by atoms with van der Waals surface area (Å²) in [5.41, 5.74) is 8.04. The number of nitrogens with one attached hydrogen (secondary N) is 1. The summed E-state index contributed by atoms with van der Waals surface area (Å²) >= 11 is 0. The van der Waals surface area contributed by atoms with Crippen LogP contribution in [-0.2, 0) is 4.74 Å². The van der Waals surface area contributed by atoms with E-state index < -0.39 is 0 Å². The maximum absolute atomic E-state index is 11.7. The van der Waals surface area contributed by atoms with Gasteiger partial charge in [-0.3, -0.25) is 4.79 Å². The van der Waals surface area contributed by atoms with E-state index in [9.17, 15) is 4.79 Å². The molecule has 1 heterocycles. The van der Waals surface area contributed by atoms with E-state index in [4.69, 9.17) is 10.5 Å². The third-order valence-corrected chi connectivity index (χ3v) is 3.29. The van der Waals surface area contributed by atoms with Gasteiger partial charge in [-0.1, -0.05) is 0 Å². The van der Waals surface area contributed by atoms with Gasteiger partial charge in [0.1, 0.15) is 0 Å². The van der Waals surface area contributed by atoms with Gasteiger partial charge < -0.3 is 20.7 Å². The van der Waals surface area contributed by atoms with Crippen LogP contribution < -0.4 is 16.0 Å². The van der Waals surface area contributed by atoms with E-state index in [0.29, 0.717) is 17.9 Å². The van der Waals surface area contributed by atoms with Crippen LogP contribution in [0.5, 0.6) is 0 Å². The van der Waals surface area contributed by atoms with Gasteiger partial charge in [0, 0.05) is 25.7 Å². The first-order valence-corrected chi connectivity index (χ1v) is 6.43. The molecule has 0 saturated carbocycles. The minimum atomic E-state index is -0.201. The Morgan fingerprint density at radius 3 is 2.84 bits per heavy atom. The lowest BCUT2D eigenvalue weighted by molar-refractivity contribution is -0.0276. The van der Waals surface area contributed by atoms with Crippen molar-refractivity contribution in [3.63, 3.8) is 0 Å². The lowest BCUT2D eigenvalue weighted by Gasteiger charge is -2.40. The highest BCUT2D eigenvalue weighted by Crippen LogP contribution is 2.29. The molecule has 2 rings (SSSR count). The van der Waals surface area contributed by atoms with E-state index in [1.54, 1.807) is 19.2 Å². The number of hydrogen-bond acceptors (Lipinski definition) is 4. The van der Waals surface area contributed by atoms with E-state index in [2.05, 4.69) is 24.1 Å². The van der Waals surface area contributed by atoms with Crippen LogP contribution in [0.25, 0.3) is 0 Å². The number of anilines is 2. The number of nitrogens with zero attached hydrogens (tertiary/aromatic N) is 1. The Morgan fingerprint density at radius 1 is 1.47 bits per heavy atom. The Balaban J connectivity index is 2.30. The lowest BCUT2D eigenvalue weighted by Crippen LogP contribution is -2.48. The highest BCUT2D eigenvalue weighted by atomic mass is 16.5. The molecule has 0 spiro atoms. The van der Waals surface area contributed by atoms with Gasteiger partial charge in [0.15, 0.2) is 0 Å². The number of rotatable bonds is 2. The topological polar surface area (TPSA) is 67.6 Å². The number of nitrogens with two attached hydrogens (primary N) is 1. The molecule has 0 unspecified atom stereocenters. The van der Waals surface area contributed by atoms with Gasteiger partial charge in [0.05, 0.1) is 23.6 Å². The molecule has 1 aliphatic heterocycles. The summed E-state index contributed by atoms with van der Waals surface area (Å²) in [6.45, 7) is 6.31. The highest BCUT2D eigenvalue weighted by molar-refractivity contribution is 5.96. The molecule has 1 saturated heterocycles. The fraction of sp³-hybridized carbons (Fsp3) is 0.500. The van der Waals surface area contributed by atoms with Crippen LogP contribution in [0.15, 0.2) is 18.2 Å². The van der Waals surface area contributed by atoms with E-state index >= 15 is 0 Å². The monoisotopic (exact) mass is 263 g/mol. The fourth-order valence-electron chi connectivity index (χ4n) is 2.33. The van der Waals surface area contributed by atoms with E-state index in [0.717, 1.165) is 18.8 Å². The molecule has 5 nitrogen and oxygen atoms in total. The quantitative estimate of drug-likeness (QED) is 0.788. The van der Waals surface area contributed by atoms with Crippen molar-refractivity contribution in [3.8, 4) is 0 Å². The molecule has 1 aromatic rings. The number of amides is 1. The molecule has 0 aliphatic carbocycles. The van der Waals surface area contributed by atoms with Crippen molar-refractivity contribution in [1.29, 1.82) is 0 Å². The van der Waals surface area contributed by atoms with Crippen LogP contribution in [-0.4, -0.2) is 38.3 Å². The zero-order valence-corrected chi connectivity index (χ0v) is 11.7. The molecule has 3 N–H and O–H groups in total. The summed E-state index contributed by atoms with van der Waals surface area (Å²) < 4.78 is 5.69. The lowest BCUT2D eigenvalue weighted by atomic mass is 10.1. The van der Waals surface area contributed by atoms with Crippen LogP contribution in [0.3, 0.4) is 0 Å². The SMILES string of the molecule is CNC(=O)c1ccc(N)c(N2CCOC(C)(C)C2)c1. The van der Waals surface area contributed by atoms with Crippen molar-refractivity contribution < 1.29 is 9.53 Å². The summed E-state index contributed by atoms with van der Waals surface area (Å²) in [5, 5.41) is 2.62. The van der Waals surface area contributed by atoms with Gasteiger partial charge in [-0.25, -0.2) is 0 Å². The second-order valence-corrected chi connectivity index (χ2v) is 5.38. The first-order chi connectivity index (χ1) is 8.93. The summed E-state index contributed by atoms with van der Waals surface area (Å²) in [4.78, 5) is 13.9. The predicted octanol–water partition coefficient (Wildman–Crippen LogP) is 1.24. The maximum Gasteiger partial charge on any atom is 0.251 e. The molecule has 1 amide bonds. The van der Waals surface area contributed by atoms with Crippen molar-refractivity contribution in [2.24, 2.45) is 0 Å². The Bertz CT molecular complexity index is 486. The zero-order chi connectivity index (χ0) is 14.0. The third-order valence-electron chi connectivity index (χ3n) is 3.29. The number of morpholine rings is 1. The number of benzene rings is 1. The van der Waals surface area contributed by atoms with Crippen molar-refractivity contribution in [2.75, 3.05) is 37.4 Å². The average molecular weight is 263 g/mol. The van der Waals surface area contributed by atoms with Crippen LogP contribution in [0.2, 0.25) is 0 Å². The van der Waals surface area contributed by atoms with Gasteiger partial charge in [-0.15, -0.1) is 0 Å². The third kappa shape index (κ3) is 2.98. The number of nitrogen functional groups attached to an aromatic ring is 1. The van der Waals surface area contributed by atoms with Crippen LogP contribution in [0.1, 0.15) is 24.2 Å². The summed E-state index contributed by atoms with van der Waals surface area (Å²) in [7, 11) is 1.62. The Morgan fingerprint density at radius 2 is 2.21 bits per heavy atom. The molecule has 19 heavy (non-hydrogen) atoms. The Hall–Kier alpha value is -1.75. The molecule has 0 bridgehead atoms. The van der Waals surface area contributed by atoms with Crippen molar-refractivity contribution >= 4 is 17.3 Å². The van der Waals surface area contributed by atoms with E-state index in [1.165, 1.54) is 0 Å². The first-order valence-electron chi connectivity index (χ1n) is 6.43. The fourth-order valence-corrected chi connectivity index (χ4v) is 2.33. The molecule has 104 valence electrons. The molecule has 0 aromatic heterocycles. The second kappa shape index (κ2) is 5.09. The molecule has 0 atom stereocenters. The molecule has 5 heteroatoms. The van der Waals surface area contributed by atoms with Crippen molar-refractivity contribution in [1.82, 2.24) is 5.32 Å². The largest absolute Gasteiger partial charge is 0.397 e. The molecule has 1 aliphatic rings. The van der Waals surface area contributed by atoms with Gasteiger partial charge in [0.2, 0.25) is 0 Å². The summed E-state index contributed by atoms with van der Waals surface area (Å²) in [5.74, 6) is -0.103. The second-order valence-electron chi connectivity index (χ2n) is 5.38. The van der Waals surface area contributed by atoms with Crippen molar-refractivity contribution in [2.45, 2.75) is 19.4 Å². The van der Waals surface area contributed by atoms with Crippen molar-refractivity contribution in [3.05, 3.63) is 23.8 Å². The molecule has 0 radical (unpaired) electrons. The smallest absolute Gasteiger partial charge is 0.251 e. The molecule has 1 aromatic carbocycles. The molecular weight excluding hydrogens is 242 g/mol. The zero-order valence-electron chi connectivity index (χ0n) is 11.7. The Labute approximate surface area is 113 Å². The first kappa shape index (κ1) is 13.7. The van der Waals surface area contributed by atoms with Crippen LogP contribution in [0.4, 0.5) is 11.4 Å². The summed E-state index contributed by atoms with van der Waals surface area (Å²) in [6, 6.07) is 5.36. The van der Waals surface area contributed by atoms with E-state index in [-0.39, 0.29) is 11.5 Å². The number of carbonyl (C=O) groups excluding carboxylic acids is 1. The minimum absolute atomic E-state index is 0.103. The number of ether oxygens (including phenoxy) is 1. The van der Waals surface area contributed by atoms with E-state index in [1.807, 2.05) is 6.07 Å². The molecule has 1 fully saturated rings.